The third-order valence-corrected chi connectivity index (χ3v) is 2.93. The molecule has 0 spiro atoms. The molecule has 0 aliphatic carbocycles. The SMILES string of the molecule is CCn1ncnc1CSCCC(C)N. The van der Waals surface area contributed by atoms with Crippen LogP contribution in [-0.2, 0) is 12.3 Å². The van der Waals surface area contributed by atoms with Crippen molar-refractivity contribution in [2.45, 2.75) is 38.6 Å². The molecule has 2 N–H and O–H groups in total. The molecule has 5 heteroatoms. The Hall–Kier alpha value is -0.550. The van der Waals surface area contributed by atoms with Gasteiger partial charge < -0.3 is 5.73 Å². The van der Waals surface area contributed by atoms with Gasteiger partial charge in [0.1, 0.15) is 12.2 Å². The summed E-state index contributed by atoms with van der Waals surface area (Å²) < 4.78 is 1.93. The second kappa shape index (κ2) is 6.03. The first kappa shape index (κ1) is 11.5. The van der Waals surface area contributed by atoms with Gasteiger partial charge in [0.15, 0.2) is 0 Å². The molecule has 14 heavy (non-hydrogen) atoms. The monoisotopic (exact) mass is 214 g/mol. The summed E-state index contributed by atoms with van der Waals surface area (Å²) in [6.07, 6.45) is 2.68. The van der Waals surface area contributed by atoms with E-state index in [0.717, 1.165) is 30.3 Å². The molecular weight excluding hydrogens is 196 g/mol. The van der Waals surface area contributed by atoms with Crippen molar-refractivity contribution < 1.29 is 0 Å². The third kappa shape index (κ3) is 3.67. The molecule has 0 aromatic carbocycles. The highest BCUT2D eigenvalue weighted by Crippen LogP contribution is 2.11. The maximum atomic E-state index is 5.66. The van der Waals surface area contributed by atoms with Gasteiger partial charge in [-0.1, -0.05) is 0 Å². The zero-order chi connectivity index (χ0) is 10.4. The van der Waals surface area contributed by atoms with Crippen LogP contribution in [0.4, 0.5) is 0 Å². The molecule has 1 rings (SSSR count). The van der Waals surface area contributed by atoms with Crippen LogP contribution in [0.25, 0.3) is 0 Å². The van der Waals surface area contributed by atoms with Gasteiger partial charge in [-0.3, -0.25) is 0 Å². The summed E-state index contributed by atoms with van der Waals surface area (Å²) in [5, 5.41) is 4.12. The van der Waals surface area contributed by atoms with E-state index in [1.165, 1.54) is 0 Å². The predicted molar refractivity (Wildman–Crippen MR) is 60.1 cm³/mol. The smallest absolute Gasteiger partial charge is 0.138 e. The van der Waals surface area contributed by atoms with E-state index in [9.17, 15) is 0 Å². The van der Waals surface area contributed by atoms with Gasteiger partial charge in [0.25, 0.3) is 0 Å². The summed E-state index contributed by atoms with van der Waals surface area (Å²) in [4.78, 5) is 4.20. The molecule has 1 aromatic rings. The lowest BCUT2D eigenvalue weighted by Crippen LogP contribution is -2.15. The first-order valence-corrected chi connectivity index (χ1v) is 6.09. The van der Waals surface area contributed by atoms with Crippen molar-refractivity contribution in [2.75, 3.05) is 5.75 Å². The Morgan fingerprint density at radius 1 is 1.64 bits per heavy atom. The van der Waals surface area contributed by atoms with E-state index in [4.69, 9.17) is 5.73 Å². The zero-order valence-corrected chi connectivity index (χ0v) is 9.63. The number of thioether (sulfide) groups is 1. The van der Waals surface area contributed by atoms with Crippen LogP contribution in [0.1, 0.15) is 26.1 Å². The fourth-order valence-electron chi connectivity index (χ4n) is 1.10. The van der Waals surface area contributed by atoms with Gasteiger partial charge in [-0.25, -0.2) is 9.67 Å². The molecule has 0 radical (unpaired) electrons. The molecule has 80 valence electrons. The Morgan fingerprint density at radius 2 is 2.43 bits per heavy atom. The minimum absolute atomic E-state index is 0.298. The molecule has 0 saturated heterocycles. The summed E-state index contributed by atoms with van der Waals surface area (Å²) in [7, 11) is 0. The van der Waals surface area contributed by atoms with Crippen LogP contribution in [-0.4, -0.2) is 26.6 Å². The lowest BCUT2D eigenvalue weighted by molar-refractivity contribution is 0.632. The van der Waals surface area contributed by atoms with E-state index in [-0.39, 0.29) is 0 Å². The molecule has 1 unspecified atom stereocenters. The maximum absolute atomic E-state index is 5.66. The Labute approximate surface area is 89.3 Å². The van der Waals surface area contributed by atoms with Crippen molar-refractivity contribution in [3.63, 3.8) is 0 Å². The van der Waals surface area contributed by atoms with Crippen LogP contribution in [0.5, 0.6) is 0 Å². The largest absolute Gasteiger partial charge is 0.328 e. The molecule has 4 nitrogen and oxygen atoms in total. The Bertz CT molecular complexity index is 259. The standard InChI is InChI=1S/C9H18N4S/c1-3-13-9(11-7-12-13)6-14-5-4-8(2)10/h7-8H,3-6,10H2,1-2H3. The highest BCUT2D eigenvalue weighted by Gasteiger charge is 2.02. The Kier molecular flexibility index (Phi) is 4.97. The van der Waals surface area contributed by atoms with E-state index < -0.39 is 0 Å². The van der Waals surface area contributed by atoms with Crippen LogP contribution in [0.3, 0.4) is 0 Å². The number of rotatable bonds is 6. The Morgan fingerprint density at radius 3 is 3.07 bits per heavy atom. The molecule has 1 heterocycles. The molecule has 0 saturated carbocycles. The summed E-state index contributed by atoms with van der Waals surface area (Å²) in [6, 6.07) is 0.298. The van der Waals surface area contributed by atoms with Gasteiger partial charge in [-0.15, -0.1) is 0 Å². The van der Waals surface area contributed by atoms with Crippen LogP contribution < -0.4 is 5.73 Å². The molecule has 1 atom stereocenters. The van der Waals surface area contributed by atoms with Crippen LogP contribution in [0.15, 0.2) is 6.33 Å². The fourth-order valence-corrected chi connectivity index (χ4v) is 2.19. The maximum Gasteiger partial charge on any atom is 0.138 e. The molecule has 0 aliphatic rings. The lowest BCUT2D eigenvalue weighted by Gasteiger charge is -2.04. The third-order valence-electron chi connectivity index (χ3n) is 1.94. The summed E-state index contributed by atoms with van der Waals surface area (Å²) in [5.74, 6) is 3.08. The number of aromatic nitrogens is 3. The molecule has 0 bridgehead atoms. The van der Waals surface area contributed by atoms with Crippen molar-refractivity contribution in [3.05, 3.63) is 12.2 Å². The van der Waals surface area contributed by atoms with E-state index in [2.05, 4.69) is 17.0 Å². The van der Waals surface area contributed by atoms with E-state index in [1.54, 1.807) is 6.33 Å². The number of nitrogens with two attached hydrogens (primary N) is 1. The predicted octanol–water partition coefficient (Wildman–Crippen LogP) is 1.27. The first-order chi connectivity index (χ1) is 6.74. The van der Waals surface area contributed by atoms with Crippen LogP contribution in [0, 0.1) is 0 Å². The van der Waals surface area contributed by atoms with Crippen molar-refractivity contribution in [1.82, 2.24) is 14.8 Å². The first-order valence-electron chi connectivity index (χ1n) is 4.94. The molecular formula is C9H18N4S. The van der Waals surface area contributed by atoms with Gasteiger partial charge in [-0.05, 0) is 26.0 Å². The number of nitrogens with zero attached hydrogens (tertiary/aromatic N) is 3. The molecule has 0 amide bonds. The Balaban J connectivity index is 2.24. The van der Waals surface area contributed by atoms with Crippen molar-refractivity contribution in [3.8, 4) is 0 Å². The van der Waals surface area contributed by atoms with Crippen molar-refractivity contribution in [1.29, 1.82) is 0 Å². The number of hydrogen-bond donors (Lipinski definition) is 1. The minimum Gasteiger partial charge on any atom is -0.328 e. The minimum atomic E-state index is 0.298. The van der Waals surface area contributed by atoms with Gasteiger partial charge in [0.05, 0.1) is 5.75 Å². The lowest BCUT2D eigenvalue weighted by atomic mass is 10.3. The van der Waals surface area contributed by atoms with Crippen LogP contribution in [0.2, 0.25) is 0 Å². The highest BCUT2D eigenvalue weighted by molar-refractivity contribution is 7.98. The fraction of sp³-hybridized carbons (Fsp3) is 0.778. The molecule has 0 fully saturated rings. The quantitative estimate of drug-likeness (QED) is 0.725. The van der Waals surface area contributed by atoms with E-state index >= 15 is 0 Å². The second-order valence-corrected chi connectivity index (χ2v) is 4.42. The van der Waals surface area contributed by atoms with E-state index in [1.807, 2.05) is 23.4 Å². The molecule has 0 aliphatic heterocycles. The number of aryl methyl sites for hydroxylation is 1. The average Bonchev–Trinajstić information content (AvgIpc) is 2.59. The van der Waals surface area contributed by atoms with Gasteiger partial charge in [0.2, 0.25) is 0 Å². The summed E-state index contributed by atoms with van der Waals surface area (Å²) in [5.41, 5.74) is 5.66. The molecule has 1 aromatic heterocycles. The average molecular weight is 214 g/mol. The van der Waals surface area contributed by atoms with Gasteiger partial charge in [-0.2, -0.15) is 16.9 Å². The summed E-state index contributed by atoms with van der Waals surface area (Å²) >= 11 is 1.87. The van der Waals surface area contributed by atoms with Crippen LogP contribution >= 0.6 is 11.8 Å². The second-order valence-electron chi connectivity index (χ2n) is 3.31. The zero-order valence-electron chi connectivity index (χ0n) is 8.81. The van der Waals surface area contributed by atoms with Crippen molar-refractivity contribution in [2.24, 2.45) is 5.73 Å². The normalized spacial score (nSPS) is 13.1. The van der Waals surface area contributed by atoms with Gasteiger partial charge >= 0.3 is 0 Å². The van der Waals surface area contributed by atoms with Gasteiger partial charge in [0, 0.05) is 12.6 Å². The highest BCUT2D eigenvalue weighted by atomic mass is 32.2. The summed E-state index contributed by atoms with van der Waals surface area (Å²) in [6.45, 7) is 5.00. The van der Waals surface area contributed by atoms with Crippen molar-refractivity contribution >= 4 is 11.8 Å². The van der Waals surface area contributed by atoms with E-state index in [0.29, 0.717) is 6.04 Å². The number of hydrogen-bond acceptors (Lipinski definition) is 4. The topological polar surface area (TPSA) is 56.7 Å².